The van der Waals surface area contributed by atoms with E-state index in [4.69, 9.17) is 13.6 Å². The first kappa shape index (κ1) is 13.8. The summed E-state index contributed by atoms with van der Waals surface area (Å²) in [6.45, 7) is -1.88. The number of rotatable bonds is 4. The third-order valence-electron chi connectivity index (χ3n) is 4.13. The van der Waals surface area contributed by atoms with E-state index in [1.54, 1.807) is 0 Å². The molecule has 0 spiro atoms. The molecule has 0 bridgehead atoms. The molecule has 1 aromatic heterocycles. The predicted octanol–water partition coefficient (Wildman–Crippen LogP) is 0.891. The maximum atomic E-state index is 14.7. The van der Waals surface area contributed by atoms with Gasteiger partial charge in [0, 0.05) is 22.3 Å². The van der Waals surface area contributed by atoms with Crippen LogP contribution in [0.15, 0.2) is 30.6 Å². The number of hydrogen-bond acceptors (Lipinski definition) is 7. The summed E-state index contributed by atoms with van der Waals surface area (Å²) < 4.78 is 87.7. The number of ether oxygens (including phenoxy) is 1. The number of nitrogens with zero attached hydrogens (tertiary/aromatic N) is 3. The summed E-state index contributed by atoms with van der Waals surface area (Å²) in [5.41, 5.74) is -2.19. The van der Waals surface area contributed by atoms with E-state index < -0.39 is 53.0 Å². The molecule has 2 heterocycles. The lowest BCUT2D eigenvalue weighted by Gasteiger charge is -2.40. The number of amides is 1. The van der Waals surface area contributed by atoms with Gasteiger partial charge in [0.2, 0.25) is 21.9 Å². The molecule has 1 aliphatic rings. The molecule has 3 rings (SSSR count). The Bertz CT molecular complexity index is 1270. The average molecular weight is 428 g/mol. The lowest BCUT2D eigenvalue weighted by Crippen LogP contribution is -2.61. The van der Waals surface area contributed by atoms with Crippen molar-refractivity contribution in [2.45, 2.75) is 12.5 Å². The lowest BCUT2D eigenvalue weighted by molar-refractivity contribution is 0.102. The lowest BCUT2D eigenvalue weighted by atomic mass is 9.93. The molecule has 12 heteroatoms. The van der Waals surface area contributed by atoms with Gasteiger partial charge in [-0.2, -0.15) is 0 Å². The van der Waals surface area contributed by atoms with Gasteiger partial charge in [0.05, 0.1) is 34.8 Å². The molecule has 10 nitrogen and oxygen atoms in total. The van der Waals surface area contributed by atoms with Crippen LogP contribution in [0.2, 0.25) is 0 Å². The molecule has 0 radical (unpaired) electrons. The van der Waals surface area contributed by atoms with Gasteiger partial charge in [0.15, 0.2) is 0 Å². The molecule has 0 aliphatic carbocycles. The Morgan fingerprint density at radius 1 is 1.45 bits per heavy atom. The van der Waals surface area contributed by atoms with E-state index in [0.29, 0.717) is 0 Å². The van der Waals surface area contributed by atoms with Crippen LogP contribution in [0.4, 0.5) is 10.1 Å². The zero-order valence-electron chi connectivity index (χ0n) is 20.9. The monoisotopic (exact) mass is 428 g/mol. The van der Waals surface area contributed by atoms with Crippen molar-refractivity contribution in [2.75, 3.05) is 25.1 Å². The highest BCUT2D eigenvalue weighted by Crippen LogP contribution is 2.31. The largest absolute Gasteiger partial charge is 0.480 e. The minimum Gasteiger partial charge on any atom is -0.480 e. The Balaban J connectivity index is 1.85. The highest BCUT2D eigenvalue weighted by atomic mass is 32.2. The third kappa shape index (κ3) is 3.97. The van der Waals surface area contributed by atoms with Crippen LogP contribution in [0, 0.1) is 11.2 Å². The molecule has 154 valence electrons. The fourth-order valence-corrected chi connectivity index (χ4v) is 4.18. The van der Waals surface area contributed by atoms with Crippen LogP contribution in [-0.2, 0) is 15.6 Å². The van der Waals surface area contributed by atoms with Crippen molar-refractivity contribution in [1.29, 1.82) is 5.41 Å². The molecule has 29 heavy (non-hydrogen) atoms. The summed E-state index contributed by atoms with van der Waals surface area (Å²) in [5, 5.41) is 12.8. The molecule has 3 N–H and O–H groups in total. The normalized spacial score (nSPS) is 24.6. The van der Waals surface area contributed by atoms with Gasteiger partial charge in [0.1, 0.15) is 11.5 Å². The number of halogens is 1. The van der Waals surface area contributed by atoms with E-state index in [9.17, 15) is 17.6 Å². The maximum Gasteiger partial charge on any atom is 0.275 e. The Hall–Kier alpha value is -3.28. The number of sulfonamides is 1. The van der Waals surface area contributed by atoms with Gasteiger partial charge in [-0.1, -0.05) is 0 Å². The number of anilines is 1. The number of hydrogen-bond donors (Lipinski definition) is 3. The van der Waals surface area contributed by atoms with Gasteiger partial charge < -0.3 is 15.4 Å². The van der Waals surface area contributed by atoms with Gasteiger partial charge in [-0.25, -0.2) is 27.1 Å². The average Bonchev–Trinajstić information content (AvgIpc) is 2.65. The van der Waals surface area contributed by atoms with Crippen molar-refractivity contribution in [1.82, 2.24) is 19.6 Å². The van der Waals surface area contributed by atoms with E-state index in [2.05, 4.69) is 25.3 Å². The Kier molecular flexibility index (Phi) is 3.47. The highest BCUT2D eigenvalue weighted by molar-refractivity contribution is 7.89. The van der Waals surface area contributed by atoms with Gasteiger partial charge >= 0.3 is 0 Å². The van der Waals surface area contributed by atoms with Crippen LogP contribution >= 0.6 is 0 Å². The van der Waals surface area contributed by atoms with E-state index >= 15 is 0 Å². The van der Waals surface area contributed by atoms with Crippen molar-refractivity contribution < 1.29 is 30.6 Å². The molecule has 1 amide bonds. The van der Waals surface area contributed by atoms with Gasteiger partial charge in [-0.05, 0) is 25.1 Å². The Morgan fingerprint density at radius 2 is 2.24 bits per heavy atom. The van der Waals surface area contributed by atoms with Crippen LogP contribution in [0.1, 0.15) is 31.2 Å². The summed E-state index contributed by atoms with van der Waals surface area (Å²) in [7, 11) is -7.29. The van der Waals surface area contributed by atoms with Gasteiger partial charge in [-0.15, -0.1) is 0 Å². The summed E-state index contributed by atoms with van der Waals surface area (Å²) in [6.07, 6.45) is 1.89. The number of benzene rings is 1. The Labute approximate surface area is 175 Å². The topological polar surface area (TPSA) is 137 Å². The first-order valence-electron chi connectivity index (χ1n) is 10.9. The number of methoxy groups -OCH3 is 1. The number of guanidine groups is 1. The van der Waals surface area contributed by atoms with Crippen molar-refractivity contribution in [3.05, 3.63) is 47.7 Å². The molecule has 1 saturated heterocycles. The third-order valence-corrected chi connectivity index (χ3v) is 5.81. The van der Waals surface area contributed by atoms with E-state index in [1.165, 1.54) is 13.0 Å². The van der Waals surface area contributed by atoms with Crippen LogP contribution in [0.3, 0.4) is 0 Å². The molecule has 1 aromatic carbocycles. The summed E-state index contributed by atoms with van der Waals surface area (Å²) >= 11 is 0. The SMILES string of the molecule is [2H]C([2H])([2H])Oc1cnc(C(=O)Nc2ccc(F)c([C@]3(C)CS(=O)(=O)N(C([2H])([2H])[2H])C(=N)N3)c2)cn1. The molecule has 1 fully saturated rings. The first-order chi connectivity index (χ1) is 15.9. The zero-order chi connectivity index (χ0) is 26.4. The minimum atomic E-state index is -4.54. The van der Waals surface area contributed by atoms with Crippen molar-refractivity contribution in [3.63, 3.8) is 0 Å². The maximum absolute atomic E-state index is 14.7. The quantitative estimate of drug-likeness (QED) is 0.658. The Morgan fingerprint density at radius 3 is 2.86 bits per heavy atom. The van der Waals surface area contributed by atoms with Crippen molar-refractivity contribution in [3.8, 4) is 5.88 Å². The molecule has 0 saturated carbocycles. The number of carbonyl (C=O) groups excluding carboxylic acids is 1. The molecule has 2 aromatic rings. The second-order valence-electron chi connectivity index (χ2n) is 6.32. The van der Waals surface area contributed by atoms with Gasteiger partial charge in [0.25, 0.3) is 5.91 Å². The van der Waals surface area contributed by atoms with Crippen LogP contribution in [0.5, 0.6) is 5.88 Å². The summed E-state index contributed by atoms with van der Waals surface area (Å²) in [5.74, 6) is -3.84. The van der Waals surface area contributed by atoms with E-state index in [0.717, 1.165) is 24.5 Å². The van der Waals surface area contributed by atoms with E-state index in [-0.39, 0.29) is 27.1 Å². The smallest absolute Gasteiger partial charge is 0.275 e. The zero-order valence-corrected chi connectivity index (χ0v) is 15.7. The molecular formula is C17H19FN6O4S. The van der Waals surface area contributed by atoms with Crippen LogP contribution < -0.4 is 15.4 Å². The predicted molar refractivity (Wildman–Crippen MR) is 103 cm³/mol. The number of aromatic nitrogens is 2. The first-order valence-corrected chi connectivity index (χ1v) is 9.54. The second kappa shape index (κ2) is 7.28. The molecule has 1 atom stereocenters. The van der Waals surface area contributed by atoms with Gasteiger partial charge in [-0.3, -0.25) is 10.2 Å². The number of carbonyl (C=O) groups is 1. The fourth-order valence-electron chi connectivity index (χ4n) is 2.77. The fraction of sp³-hybridized carbons (Fsp3) is 0.294. The standard InChI is InChI=1S/C17H19FN6O4S/c1-17(9-29(26,27)24(2)16(19)23-17)11-6-10(4-5-12(11)18)22-15(25)13-7-21-14(28-3)8-20-13/h4-8H,9H2,1-3H3,(H2,19,23)(H,22,25)/t17-/m0/s1/i2D3,3D3. The summed E-state index contributed by atoms with van der Waals surface area (Å²) in [6, 6.07) is 3.29. The van der Waals surface area contributed by atoms with Crippen LogP contribution in [-0.4, -0.2) is 54.3 Å². The van der Waals surface area contributed by atoms with Crippen molar-refractivity contribution in [2.24, 2.45) is 0 Å². The molecule has 0 unspecified atom stereocenters. The molecule has 1 aliphatic heterocycles. The highest BCUT2D eigenvalue weighted by Gasteiger charge is 2.43. The minimum absolute atomic E-state index is 0.0289. The number of nitrogens with one attached hydrogen (secondary N) is 3. The molecular weight excluding hydrogens is 403 g/mol. The van der Waals surface area contributed by atoms with E-state index in [1.807, 2.05) is 0 Å². The van der Waals surface area contributed by atoms with Crippen LogP contribution in [0.25, 0.3) is 0 Å². The summed E-state index contributed by atoms with van der Waals surface area (Å²) in [4.78, 5) is 19.9. The van der Waals surface area contributed by atoms with Crippen molar-refractivity contribution >= 4 is 27.6 Å². The second-order valence-corrected chi connectivity index (χ2v) is 8.13.